The van der Waals surface area contributed by atoms with Gasteiger partial charge in [-0.3, -0.25) is 19.8 Å². The van der Waals surface area contributed by atoms with Crippen molar-refractivity contribution in [2.75, 3.05) is 6.61 Å². The molecule has 4 aromatic heterocycles. The summed E-state index contributed by atoms with van der Waals surface area (Å²) in [5.41, 5.74) is 12.7. The molecule has 60 heavy (non-hydrogen) atoms. The minimum Gasteiger partial charge on any atom is -0.494 e. The first-order chi connectivity index (χ1) is 29.3. The normalized spacial score (nSPS) is 17.8. The van der Waals surface area contributed by atoms with Crippen LogP contribution in [0.2, 0.25) is 0 Å². The van der Waals surface area contributed by atoms with Gasteiger partial charge in [0.05, 0.1) is 29.4 Å². The Labute approximate surface area is 349 Å². The molecule has 0 saturated carbocycles. The van der Waals surface area contributed by atoms with E-state index < -0.39 is 11.4 Å². The lowest BCUT2D eigenvalue weighted by atomic mass is 9.81. The standard InChI is InChI=1S/C50H47N7O3/c1-4-9-36(60-31-6-5-12-45(58)59)10-7-11-37-38-13-17-42(54-38)48(50(3)23-8-25-51-30-24-50)43-18-16-40(56-43)46(34-19-26-52-27-20-34)39-14-15-41(55-39)47(35-21-28-53-29-22-35)49-33(2)32-44(37)57-49/h4,7-11,13-30,33,56-57H,5-6,12,31-32H2,1-3H3,(H,58,59)/b9-4-,11-7+,36-10+,44-37?,46-39?,48-42?,49-47?. The largest absolute Gasteiger partial charge is 0.494 e. The molecule has 0 saturated heterocycles. The van der Waals surface area contributed by atoms with E-state index in [0.29, 0.717) is 25.2 Å². The summed E-state index contributed by atoms with van der Waals surface area (Å²) in [5, 5.41) is 9.05. The van der Waals surface area contributed by atoms with Crippen LogP contribution in [0.15, 0.2) is 121 Å². The Morgan fingerprint density at radius 3 is 2.30 bits per heavy atom. The van der Waals surface area contributed by atoms with Crippen LogP contribution in [0.25, 0.3) is 63.7 Å². The van der Waals surface area contributed by atoms with Gasteiger partial charge in [0.15, 0.2) is 0 Å². The second-order valence-electron chi connectivity index (χ2n) is 15.2. The first kappa shape index (κ1) is 39.6. The molecule has 8 bridgehead atoms. The number of carboxylic acids is 1. The zero-order chi connectivity index (χ0) is 41.5. The SMILES string of the molecule is C\C=C/C(=C\C=C\c1c2nc(c(C3(C)C=CC=NC=C3)c3ccc([nH]3)c(-c3ccncc3)c3nc(c(-c4ccncc4)c4[nH]c1CC4C)C=C3)C=C2)OCCCCC(=O)O. The number of hydrogen-bond donors (Lipinski definition) is 3. The Bertz CT molecular complexity index is 2710. The molecule has 0 fully saturated rings. The number of carboxylic acid groups (broad SMARTS) is 1. The lowest BCUT2D eigenvalue weighted by Gasteiger charge is -2.23. The highest BCUT2D eigenvalue weighted by Gasteiger charge is 2.29. The predicted octanol–water partition coefficient (Wildman–Crippen LogP) is 11.0. The van der Waals surface area contributed by atoms with E-state index in [1.807, 2.05) is 92.6 Å². The van der Waals surface area contributed by atoms with Crippen molar-refractivity contribution in [2.45, 2.75) is 57.8 Å². The first-order valence-corrected chi connectivity index (χ1v) is 20.3. The topological polar surface area (TPSA) is 142 Å². The highest BCUT2D eigenvalue weighted by molar-refractivity contribution is 5.93. The van der Waals surface area contributed by atoms with Crippen LogP contribution in [0, 0.1) is 0 Å². The molecular formula is C50H47N7O3. The van der Waals surface area contributed by atoms with Gasteiger partial charge in [-0.25, -0.2) is 9.97 Å². The van der Waals surface area contributed by atoms with E-state index in [1.54, 1.807) is 6.21 Å². The molecule has 0 amide bonds. The Morgan fingerprint density at radius 1 is 0.867 bits per heavy atom. The number of nitrogens with one attached hydrogen (secondary N) is 2. The molecule has 0 radical (unpaired) electrons. The summed E-state index contributed by atoms with van der Waals surface area (Å²) in [6, 6.07) is 12.4. The maximum Gasteiger partial charge on any atom is 0.303 e. The van der Waals surface area contributed by atoms with Crippen molar-refractivity contribution in [2.24, 2.45) is 4.99 Å². The highest BCUT2D eigenvalue weighted by atomic mass is 16.5. The van der Waals surface area contributed by atoms with Crippen molar-refractivity contribution in [3.8, 4) is 22.3 Å². The molecule has 0 spiro atoms. The minimum atomic E-state index is -0.798. The van der Waals surface area contributed by atoms with E-state index in [4.69, 9.17) is 19.8 Å². The van der Waals surface area contributed by atoms with E-state index in [1.165, 1.54) is 0 Å². The van der Waals surface area contributed by atoms with Crippen molar-refractivity contribution >= 4 is 53.6 Å². The van der Waals surface area contributed by atoms with Gasteiger partial charge in [0.25, 0.3) is 0 Å². The van der Waals surface area contributed by atoms with Crippen LogP contribution in [0.1, 0.15) is 91.2 Å². The summed E-state index contributed by atoms with van der Waals surface area (Å²) >= 11 is 0. The molecular weight excluding hydrogens is 747 g/mol. The quantitative estimate of drug-likeness (QED) is 0.0636. The minimum absolute atomic E-state index is 0.122. The van der Waals surface area contributed by atoms with Gasteiger partial charge in [0.2, 0.25) is 0 Å². The number of ether oxygens (including phenoxy) is 1. The van der Waals surface area contributed by atoms with E-state index >= 15 is 0 Å². The molecule has 4 aliphatic heterocycles. The van der Waals surface area contributed by atoms with Crippen molar-refractivity contribution < 1.29 is 14.6 Å². The van der Waals surface area contributed by atoms with Gasteiger partial charge in [-0.2, -0.15) is 0 Å². The lowest BCUT2D eigenvalue weighted by Crippen LogP contribution is -2.17. The van der Waals surface area contributed by atoms with Crippen molar-refractivity contribution in [1.29, 1.82) is 0 Å². The molecule has 8 rings (SSSR count). The molecule has 3 N–H and O–H groups in total. The van der Waals surface area contributed by atoms with Crippen molar-refractivity contribution in [3.05, 3.63) is 161 Å². The third kappa shape index (κ3) is 8.49. The van der Waals surface area contributed by atoms with Crippen LogP contribution in [0.5, 0.6) is 0 Å². The number of aromatic nitrogens is 6. The number of allylic oxidation sites excluding steroid dienone is 7. The van der Waals surface area contributed by atoms with E-state index in [0.717, 1.165) is 85.0 Å². The number of nitrogens with zero attached hydrogens (tertiary/aromatic N) is 5. The average Bonchev–Trinajstić information content (AvgIpc) is 4.07. The maximum absolute atomic E-state index is 11.0. The number of aromatic amines is 2. The molecule has 2 atom stereocenters. The molecule has 10 nitrogen and oxygen atoms in total. The van der Waals surface area contributed by atoms with Gasteiger partial charge in [-0.1, -0.05) is 37.3 Å². The van der Waals surface area contributed by atoms with Gasteiger partial charge in [0, 0.05) is 99.6 Å². The smallest absolute Gasteiger partial charge is 0.303 e. The Balaban J connectivity index is 1.42. The maximum atomic E-state index is 11.0. The molecule has 2 unspecified atom stereocenters. The lowest BCUT2D eigenvalue weighted by molar-refractivity contribution is -0.137. The second-order valence-corrected chi connectivity index (χ2v) is 15.2. The molecule has 10 heteroatoms. The van der Waals surface area contributed by atoms with Crippen molar-refractivity contribution in [1.82, 2.24) is 29.9 Å². The number of rotatable bonds is 12. The molecule has 0 aliphatic carbocycles. The Kier molecular flexibility index (Phi) is 11.7. The summed E-state index contributed by atoms with van der Waals surface area (Å²) in [4.78, 5) is 42.7. The third-order valence-electron chi connectivity index (χ3n) is 10.9. The van der Waals surface area contributed by atoms with Crippen LogP contribution < -0.4 is 0 Å². The molecule has 8 heterocycles. The van der Waals surface area contributed by atoms with E-state index in [-0.39, 0.29) is 12.3 Å². The number of fused-ring (bicyclic) bond motifs is 8. The van der Waals surface area contributed by atoms with Crippen molar-refractivity contribution in [3.63, 3.8) is 0 Å². The van der Waals surface area contributed by atoms with Crippen LogP contribution in [-0.2, 0) is 21.4 Å². The summed E-state index contributed by atoms with van der Waals surface area (Å²) in [6.45, 7) is 6.80. The van der Waals surface area contributed by atoms with Crippen LogP contribution in [0.4, 0.5) is 0 Å². The van der Waals surface area contributed by atoms with Gasteiger partial charge in [-0.05, 0) is 123 Å². The average molecular weight is 794 g/mol. The fraction of sp³-hybridized carbons (Fsp3) is 0.200. The molecule has 0 aromatic carbocycles. The third-order valence-corrected chi connectivity index (χ3v) is 10.9. The van der Waals surface area contributed by atoms with E-state index in [9.17, 15) is 4.79 Å². The summed E-state index contributed by atoms with van der Waals surface area (Å²) in [6.07, 6.45) is 37.6. The van der Waals surface area contributed by atoms with Crippen LogP contribution >= 0.6 is 0 Å². The first-order valence-electron chi connectivity index (χ1n) is 20.3. The van der Waals surface area contributed by atoms with Gasteiger partial charge in [-0.15, -0.1) is 0 Å². The van der Waals surface area contributed by atoms with Crippen LogP contribution in [-0.4, -0.2) is 53.8 Å². The Morgan fingerprint density at radius 2 is 1.55 bits per heavy atom. The fourth-order valence-corrected chi connectivity index (χ4v) is 8.06. The molecule has 4 aromatic rings. The molecule has 300 valence electrons. The fourth-order valence-electron chi connectivity index (χ4n) is 8.06. The summed E-state index contributed by atoms with van der Waals surface area (Å²) in [5.74, 6) is 0.0123. The number of unbranched alkanes of at least 4 members (excludes halogenated alkanes) is 1. The summed E-state index contributed by atoms with van der Waals surface area (Å²) in [7, 11) is 0. The number of H-pyrrole nitrogens is 2. The Hall–Kier alpha value is -7.20. The number of hydrogen-bond acceptors (Lipinski definition) is 7. The number of carbonyl (C=O) groups is 1. The zero-order valence-electron chi connectivity index (χ0n) is 34.0. The van der Waals surface area contributed by atoms with Gasteiger partial charge >= 0.3 is 5.97 Å². The number of aliphatic imine (C=N–C) groups is 1. The summed E-state index contributed by atoms with van der Waals surface area (Å²) < 4.78 is 6.08. The van der Waals surface area contributed by atoms with E-state index in [2.05, 4.69) is 93.4 Å². The zero-order valence-corrected chi connectivity index (χ0v) is 34.0. The predicted molar refractivity (Wildman–Crippen MR) is 242 cm³/mol. The monoisotopic (exact) mass is 793 g/mol. The highest BCUT2D eigenvalue weighted by Crippen LogP contribution is 2.40. The van der Waals surface area contributed by atoms with Crippen LogP contribution in [0.3, 0.4) is 0 Å². The number of aliphatic carboxylic acids is 1. The number of pyridine rings is 2. The van der Waals surface area contributed by atoms with Gasteiger partial charge < -0.3 is 19.8 Å². The van der Waals surface area contributed by atoms with Gasteiger partial charge in [0.1, 0.15) is 5.76 Å². The second kappa shape index (κ2) is 17.7. The molecule has 4 aliphatic rings.